The molecule has 1 fully saturated rings. The number of amides is 2. The van der Waals surface area contributed by atoms with Crippen LogP contribution in [0.2, 0.25) is 0 Å². The maximum Gasteiger partial charge on any atom is 0.259 e. The Balaban J connectivity index is 0.00000265. The van der Waals surface area contributed by atoms with E-state index in [4.69, 9.17) is 27.7 Å². The first kappa shape index (κ1) is 44.9. The van der Waals surface area contributed by atoms with Gasteiger partial charge in [0.1, 0.15) is 18.5 Å². The topological polar surface area (TPSA) is 162 Å². The average molecular weight is 871 g/mol. The molecular weight excluding hydrogens is 810 g/mol. The SMILES string of the molecule is [2H]CC1OC(n2cnc3c(NC(=O)c4ccccc4)ncnc32)C(OC)C1OP(OCCc1ccccc1SSC(C)(C)CCC(=O)NCC#C)N(C(C)C)C(C)C.[3H]OC. The van der Waals surface area contributed by atoms with Gasteiger partial charge in [0.25, 0.3) is 14.4 Å². The van der Waals surface area contributed by atoms with Crippen molar-refractivity contribution in [3.8, 4) is 12.3 Å². The van der Waals surface area contributed by atoms with Crippen LogP contribution >= 0.6 is 30.1 Å². The number of carbonyl (C=O) groups is 2. The van der Waals surface area contributed by atoms with Crippen LogP contribution in [0, 0.1) is 12.3 Å². The van der Waals surface area contributed by atoms with E-state index in [1.807, 2.05) is 18.2 Å². The van der Waals surface area contributed by atoms with Crippen molar-refractivity contribution >= 4 is 58.9 Å². The minimum Gasteiger partial charge on any atom is -0.400 e. The summed E-state index contributed by atoms with van der Waals surface area (Å²) < 4.78 is 44.2. The Bertz CT molecular complexity index is 2020. The normalized spacial score (nSPS) is 18.9. The van der Waals surface area contributed by atoms with Gasteiger partial charge < -0.3 is 34.3 Å². The highest BCUT2D eigenvalue weighted by molar-refractivity contribution is 8.77. The van der Waals surface area contributed by atoms with E-state index in [0.717, 1.165) is 10.5 Å². The van der Waals surface area contributed by atoms with Crippen LogP contribution in [0.1, 0.15) is 84.8 Å². The van der Waals surface area contributed by atoms with E-state index in [0.29, 0.717) is 42.6 Å². The maximum atomic E-state index is 13.0. The van der Waals surface area contributed by atoms with E-state index in [9.17, 15) is 9.59 Å². The molecule has 59 heavy (non-hydrogen) atoms. The lowest BCUT2D eigenvalue weighted by Gasteiger charge is -2.38. The lowest BCUT2D eigenvalue weighted by Crippen LogP contribution is -2.39. The van der Waals surface area contributed by atoms with Gasteiger partial charge in [0, 0.05) is 49.3 Å². The molecule has 0 bridgehead atoms. The fourth-order valence-electron chi connectivity index (χ4n) is 6.32. The standard InChI is InChI=1S/C41H54N7O6PS2.CH4O/c1-10-23-42-33(49)20-22-41(7,8)57-56-32-19-15-14-16-30(32)21-24-52-55(48(27(2)3)28(4)5)54-35-29(6)53-40(36(35)51-9)47-26-45-34-37(43-25-44-38(34)47)46-39(50)31-17-12-11-13-18-31;1-2/h1,11-19,25-29,35-36,40H,20-24H2,2-9H3,(H,42,49)(H,43,44,46,50);2H,1H3/i6D;2T. The van der Waals surface area contributed by atoms with E-state index in [1.165, 1.54) is 13.4 Å². The lowest BCUT2D eigenvalue weighted by atomic mass is 10.1. The lowest BCUT2D eigenvalue weighted by molar-refractivity contribution is -0.121. The second-order valence-corrected chi connectivity index (χ2v) is 18.9. The number of fused-ring (bicyclic) bond motifs is 1. The zero-order chi connectivity index (χ0) is 44.5. The first-order valence-corrected chi connectivity index (χ1v) is 22.6. The van der Waals surface area contributed by atoms with Crippen LogP contribution in [0.4, 0.5) is 5.82 Å². The van der Waals surface area contributed by atoms with Crippen LogP contribution in [0.25, 0.3) is 11.2 Å². The number of anilines is 1. The minimum absolute atomic E-state index is 0.0416. The van der Waals surface area contributed by atoms with Crippen LogP contribution in [0.5, 0.6) is 0 Å². The highest BCUT2D eigenvalue weighted by Crippen LogP contribution is 2.51. The predicted octanol–water partition coefficient (Wildman–Crippen LogP) is 7.66. The Labute approximate surface area is 360 Å². The molecule has 320 valence electrons. The summed E-state index contributed by atoms with van der Waals surface area (Å²) in [5.74, 6) is 2.34. The summed E-state index contributed by atoms with van der Waals surface area (Å²) in [6.07, 6.45) is 7.28. The molecule has 2 aromatic heterocycles. The number of nitrogens with zero attached hydrogens (tertiary/aromatic N) is 5. The third kappa shape index (κ3) is 13.2. The van der Waals surface area contributed by atoms with Gasteiger partial charge in [0.05, 0.1) is 25.6 Å². The van der Waals surface area contributed by atoms with Gasteiger partial charge in [0.15, 0.2) is 23.2 Å². The van der Waals surface area contributed by atoms with Gasteiger partial charge in [-0.1, -0.05) is 63.9 Å². The second kappa shape index (κ2) is 23.4. The van der Waals surface area contributed by atoms with Gasteiger partial charge in [-0.15, -0.1) is 6.42 Å². The Morgan fingerprint density at radius 2 is 1.85 bits per heavy atom. The van der Waals surface area contributed by atoms with Crippen molar-refractivity contribution in [2.75, 3.05) is 32.7 Å². The number of hydrogen-bond donors (Lipinski definition) is 3. The summed E-state index contributed by atoms with van der Waals surface area (Å²) in [5, 5.41) is 9.09. The van der Waals surface area contributed by atoms with Crippen molar-refractivity contribution in [2.24, 2.45) is 0 Å². The van der Waals surface area contributed by atoms with Crippen LogP contribution < -0.4 is 10.6 Å². The number of aromatic nitrogens is 4. The summed E-state index contributed by atoms with van der Waals surface area (Å²) in [6.45, 7) is 13.3. The van der Waals surface area contributed by atoms with Gasteiger partial charge in [0.2, 0.25) is 7.34 Å². The summed E-state index contributed by atoms with van der Waals surface area (Å²) in [5.41, 5.74) is 2.45. The Morgan fingerprint density at radius 3 is 2.53 bits per heavy atom. The van der Waals surface area contributed by atoms with E-state index in [1.54, 1.807) is 63.9 Å². The molecule has 3 N–H and O–H groups in total. The highest BCUT2D eigenvalue weighted by atomic mass is 33.1. The predicted molar refractivity (Wildman–Crippen MR) is 237 cm³/mol. The number of methoxy groups -OCH3 is 1. The molecule has 14 nitrogen and oxygen atoms in total. The summed E-state index contributed by atoms with van der Waals surface area (Å²) >= 11 is 0. The van der Waals surface area contributed by atoms with E-state index < -0.39 is 33.1 Å². The van der Waals surface area contributed by atoms with Crippen LogP contribution in [0.3, 0.4) is 0 Å². The molecule has 17 heteroatoms. The number of benzene rings is 2. The van der Waals surface area contributed by atoms with E-state index in [2.05, 4.69) is 95.0 Å². The van der Waals surface area contributed by atoms with E-state index in [-0.39, 0.29) is 47.9 Å². The molecule has 2 amide bonds. The van der Waals surface area contributed by atoms with Crippen LogP contribution in [-0.4, -0.2) is 105 Å². The molecule has 2 aromatic carbocycles. The molecule has 0 radical (unpaired) electrons. The molecule has 0 aliphatic carbocycles. The number of hydrogen-bond acceptors (Lipinski definition) is 13. The van der Waals surface area contributed by atoms with Crippen molar-refractivity contribution < 1.29 is 34.6 Å². The Morgan fingerprint density at radius 1 is 1.14 bits per heavy atom. The Kier molecular flexibility index (Phi) is 17.8. The van der Waals surface area contributed by atoms with Gasteiger partial charge in [-0.05, 0) is 85.0 Å². The molecule has 0 saturated carbocycles. The third-order valence-corrected chi connectivity index (χ3v) is 14.7. The number of rotatable bonds is 20. The monoisotopic (exact) mass is 870 g/mol. The van der Waals surface area contributed by atoms with Gasteiger partial charge in [-0.25, -0.2) is 19.6 Å². The van der Waals surface area contributed by atoms with Gasteiger partial charge >= 0.3 is 0 Å². The van der Waals surface area contributed by atoms with Crippen molar-refractivity contribution in [3.05, 3.63) is 78.4 Å². The molecule has 3 heterocycles. The maximum absolute atomic E-state index is 13.0. The number of terminal acetylenes is 1. The molecule has 5 atom stereocenters. The van der Waals surface area contributed by atoms with Crippen molar-refractivity contribution in [1.29, 1.82) is 1.43 Å². The van der Waals surface area contributed by atoms with Crippen molar-refractivity contribution in [1.82, 2.24) is 29.5 Å². The van der Waals surface area contributed by atoms with Crippen molar-refractivity contribution in [3.63, 3.8) is 0 Å². The molecule has 4 aromatic rings. The Hall–Kier alpha value is -3.62. The zero-order valence-electron chi connectivity index (χ0n) is 37.0. The zero-order valence-corrected chi connectivity index (χ0v) is 37.5. The fraction of sp³-hybridized carbons (Fsp3) is 0.500. The highest BCUT2D eigenvalue weighted by Gasteiger charge is 2.48. The number of nitrogens with one attached hydrogen (secondary N) is 2. The van der Waals surface area contributed by atoms with E-state index >= 15 is 0 Å². The number of imidazole rings is 1. The molecule has 5 rings (SSSR count). The summed E-state index contributed by atoms with van der Waals surface area (Å²) in [7, 11) is 4.68. The first-order valence-electron chi connectivity index (χ1n) is 20.4. The largest absolute Gasteiger partial charge is 0.400 e. The summed E-state index contributed by atoms with van der Waals surface area (Å²) in [6, 6.07) is 17.3. The van der Waals surface area contributed by atoms with Gasteiger partial charge in [-0.3, -0.25) is 14.2 Å². The smallest absolute Gasteiger partial charge is 0.259 e. The fourth-order valence-corrected chi connectivity index (χ4v) is 10.7. The third-order valence-electron chi connectivity index (χ3n) is 9.16. The van der Waals surface area contributed by atoms with Crippen LogP contribution in [0.15, 0.2) is 72.1 Å². The average Bonchev–Trinajstić information content (AvgIpc) is 3.83. The van der Waals surface area contributed by atoms with Crippen LogP contribution in [-0.2, 0) is 29.7 Å². The number of aliphatic hydroxyl groups is 1. The quantitative estimate of drug-likeness (QED) is 0.0452. The minimum atomic E-state index is -1.65. The van der Waals surface area contributed by atoms with Crippen molar-refractivity contribution in [2.45, 2.75) is 114 Å². The second-order valence-electron chi connectivity index (χ2n) is 14.6. The molecule has 1 aliphatic heterocycles. The molecule has 1 saturated heterocycles. The first-order chi connectivity index (χ1) is 29.3. The number of aliphatic hydroxyl groups excluding tert-OH is 1. The summed E-state index contributed by atoms with van der Waals surface area (Å²) in [4.78, 5) is 39.6. The molecule has 1 aliphatic rings. The van der Waals surface area contributed by atoms with Gasteiger partial charge in [-0.2, -0.15) is 0 Å². The molecule has 5 unspecified atom stereocenters. The number of carbonyl (C=O) groups excluding carboxylic acids is 2. The number of ether oxygens (including phenoxy) is 2. The molecule has 0 spiro atoms. The molecular formula is C42H58N7O7PS2.